The lowest BCUT2D eigenvalue weighted by atomic mass is 10.1. The Morgan fingerprint density at radius 2 is 0.947 bits per heavy atom. The minimum atomic E-state index is -0.937. The highest BCUT2D eigenvalue weighted by Crippen LogP contribution is 2.29. The van der Waals surface area contributed by atoms with E-state index in [9.17, 15) is 9.90 Å². The molecule has 0 atom stereocenters. The van der Waals surface area contributed by atoms with Crippen molar-refractivity contribution >= 4 is 5.97 Å². The Bertz CT molecular complexity index is 678. The van der Waals surface area contributed by atoms with Crippen molar-refractivity contribution in [2.45, 2.75) is 129 Å². The molecule has 0 bridgehead atoms. The third kappa shape index (κ3) is 24.6. The van der Waals surface area contributed by atoms with Gasteiger partial charge in [-0.25, -0.2) is 4.79 Å². The minimum absolute atomic E-state index is 0.243. The van der Waals surface area contributed by atoms with Crippen molar-refractivity contribution in [3.63, 3.8) is 0 Å². The summed E-state index contributed by atoms with van der Waals surface area (Å²) >= 11 is 0. The molecule has 0 amide bonds. The van der Waals surface area contributed by atoms with Crippen LogP contribution in [-0.4, -0.2) is 57.0 Å². The van der Waals surface area contributed by atoms with Crippen molar-refractivity contribution < 1.29 is 23.9 Å². The highest BCUT2D eigenvalue weighted by atomic mass is 16.5. The topological polar surface area (TPSA) is 55.8 Å². The molecular formula is C33H62NO4+. The fourth-order valence-electron chi connectivity index (χ4n) is 4.06. The second-order valence-electron chi connectivity index (χ2n) is 12.0. The molecule has 5 nitrogen and oxygen atoms in total. The van der Waals surface area contributed by atoms with Gasteiger partial charge in [-0.15, -0.1) is 0 Å². The van der Waals surface area contributed by atoms with Crippen molar-refractivity contribution in [1.29, 1.82) is 0 Å². The molecule has 1 rings (SSSR count). The van der Waals surface area contributed by atoms with Crippen molar-refractivity contribution in [3.8, 4) is 11.5 Å². The van der Waals surface area contributed by atoms with Crippen molar-refractivity contribution in [1.82, 2.24) is 0 Å². The van der Waals surface area contributed by atoms with Gasteiger partial charge >= 0.3 is 5.97 Å². The average Bonchev–Trinajstić information content (AvgIpc) is 2.85. The molecule has 0 aliphatic carbocycles. The van der Waals surface area contributed by atoms with E-state index in [0.29, 0.717) is 24.7 Å². The smallest absolute Gasteiger partial charge is 0.335 e. The summed E-state index contributed by atoms with van der Waals surface area (Å²) in [6.07, 6.45) is 22.9. The van der Waals surface area contributed by atoms with Crippen LogP contribution in [0.3, 0.4) is 0 Å². The summed E-state index contributed by atoms with van der Waals surface area (Å²) in [6.45, 7) is 5.76. The third-order valence-corrected chi connectivity index (χ3v) is 6.20. The van der Waals surface area contributed by atoms with Gasteiger partial charge in [-0.2, -0.15) is 0 Å². The first kappa shape index (κ1) is 36.2. The van der Waals surface area contributed by atoms with Gasteiger partial charge in [-0.3, -0.25) is 0 Å². The van der Waals surface area contributed by atoms with Crippen LogP contribution < -0.4 is 9.47 Å². The van der Waals surface area contributed by atoms with Crippen LogP contribution in [0, 0.1) is 0 Å². The quantitative estimate of drug-likeness (QED) is 0.112. The lowest BCUT2D eigenvalue weighted by Gasteiger charge is -2.14. The van der Waals surface area contributed by atoms with E-state index in [2.05, 4.69) is 42.0 Å². The number of ether oxygens (including phenoxy) is 2. The molecular weight excluding hydrogens is 474 g/mol. The number of nitrogens with zero attached hydrogens (tertiary/aromatic N) is 1. The Morgan fingerprint density at radius 3 is 1.32 bits per heavy atom. The van der Waals surface area contributed by atoms with Gasteiger partial charge in [-0.1, -0.05) is 117 Å². The van der Waals surface area contributed by atoms with Gasteiger partial charge in [0.1, 0.15) is 0 Å². The fourth-order valence-corrected chi connectivity index (χ4v) is 4.06. The normalized spacial score (nSPS) is 11.1. The van der Waals surface area contributed by atoms with Crippen LogP contribution in [0.5, 0.6) is 11.5 Å². The number of carboxylic acid groups (broad SMARTS) is 1. The maximum atomic E-state index is 11.4. The van der Waals surface area contributed by atoms with E-state index in [1.165, 1.54) is 96.3 Å². The summed E-state index contributed by atoms with van der Waals surface area (Å²) in [7, 11) is 8.50. The number of carbonyl (C=O) groups is 1. The van der Waals surface area contributed by atoms with Crippen molar-refractivity contribution in [3.05, 3.63) is 23.8 Å². The molecule has 0 aromatic heterocycles. The predicted molar refractivity (Wildman–Crippen MR) is 163 cm³/mol. The molecule has 1 aromatic carbocycles. The number of hydrogen-bond donors (Lipinski definition) is 1. The molecule has 38 heavy (non-hydrogen) atoms. The van der Waals surface area contributed by atoms with Crippen LogP contribution in [0.4, 0.5) is 0 Å². The zero-order valence-electron chi connectivity index (χ0n) is 26.0. The highest BCUT2D eigenvalue weighted by Gasteiger charge is 2.11. The molecule has 0 unspecified atom stereocenters. The first-order valence-electron chi connectivity index (χ1n) is 15.6. The highest BCUT2D eigenvalue weighted by molar-refractivity contribution is 5.88. The molecule has 5 heteroatoms. The van der Waals surface area contributed by atoms with E-state index in [1.807, 2.05) is 0 Å². The summed E-state index contributed by atoms with van der Waals surface area (Å²) in [5, 5.41) is 9.31. The summed E-state index contributed by atoms with van der Waals surface area (Å²) in [6, 6.07) is 4.93. The fraction of sp³-hybridized carbons (Fsp3) is 0.788. The van der Waals surface area contributed by atoms with E-state index < -0.39 is 5.97 Å². The second-order valence-corrected chi connectivity index (χ2v) is 12.0. The lowest BCUT2D eigenvalue weighted by molar-refractivity contribution is -0.849. The third-order valence-electron chi connectivity index (χ3n) is 6.20. The molecule has 0 saturated heterocycles. The van der Waals surface area contributed by atoms with Crippen molar-refractivity contribution in [2.75, 3.05) is 41.4 Å². The zero-order chi connectivity index (χ0) is 28.5. The second kappa shape index (κ2) is 24.3. The van der Waals surface area contributed by atoms with Crippen LogP contribution in [0.25, 0.3) is 0 Å². The Hall–Kier alpha value is -1.75. The summed E-state index contributed by atoms with van der Waals surface area (Å²) in [5.41, 5.74) is 0.243. The summed E-state index contributed by atoms with van der Waals surface area (Å²) in [5.74, 6) is 0.286. The van der Waals surface area contributed by atoms with Gasteiger partial charge < -0.3 is 19.1 Å². The first-order chi connectivity index (χ1) is 18.2. The van der Waals surface area contributed by atoms with E-state index in [-0.39, 0.29) is 5.56 Å². The SMILES string of the molecule is CCCCCCCCCCCOc1ccc(C(=O)O)cc1OCCCCCCCCCCC.C[N+](C)(C)C. The largest absolute Gasteiger partial charge is 0.490 e. The van der Waals surface area contributed by atoms with Crippen LogP contribution in [0.2, 0.25) is 0 Å². The Morgan fingerprint density at radius 1 is 0.605 bits per heavy atom. The summed E-state index contributed by atoms with van der Waals surface area (Å²) < 4.78 is 12.9. The Labute approximate surface area is 235 Å². The first-order valence-corrected chi connectivity index (χ1v) is 15.6. The number of unbranched alkanes of at least 4 members (excludes halogenated alkanes) is 16. The maximum absolute atomic E-state index is 11.4. The van der Waals surface area contributed by atoms with Crippen LogP contribution in [0.1, 0.15) is 140 Å². The van der Waals surface area contributed by atoms with Crippen LogP contribution in [-0.2, 0) is 0 Å². The standard InChI is InChI=1S/C29H50O4.C4H12N/c1-3-5-7-9-11-13-15-17-19-23-32-27-22-21-26(29(30)31)25-28(27)33-24-20-18-16-14-12-10-8-6-4-2;1-5(2,3)4/h21-22,25H,3-20,23-24H2,1-2H3,(H,30,31);1-4H3/q;+1. The number of aromatic carboxylic acids is 1. The maximum Gasteiger partial charge on any atom is 0.335 e. The Balaban J connectivity index is 0.00000249. The van der Waals surface area contributed by atoms with Gasteiger partial charge in [0.15, 0.2) is 11.5 Å². The molecule has 0 saturated carbocycles. The molecule has 0 aliphatic heterocycles. The molecule has 0 aliphatic rings. The number of benzene rings is 1. The van der Waals surface area contributed by atoms with E-state index in [1.54, 1.807) is 18.2 Å². The van der Waals surface area contributed by atoms with Crippen LogP contribution in [0.15, 0.2) is 18.2 Å². The average molecular weight is 537 g/mol. The number of hydrogen-bond acceptors (Lipinski definition) is 3. The van der Waals surface area contributed by atoms with E-state index >= 15 is 0 Å². The molecule has 1 N–H and O–H groups in total. The number of rotatable bonds is 23. The molecule has 0 spiro atoms. The Kier molecular flexibility index (Phi) is 23.2. The van der Waals surface area contributed by atoms with Gasteiger partial charge in [0.25, 0.3) is 0 Å². The molecule has 222 valence electrons. The van der Waals surface area contributed by atoms with E-state index in [4.69, 9.17) is 9.47 Å². The molecule has 0 fully saturated rings. The van der Waals surface area contributed by atoms with Gasteiger partial charge in [0.05, 0.1) is 47.0 Å². The lowest BCUT2D eigenvalue weighted by Crippen LogP contribution is -2.27. The summed E-state index contributed by atoms with van der Waals surface area (Å²) in [4.78, 5) is 11.4. The van der Waals surface area contributed by atoms with Gasteiger partial charge in [0.2, 0.25) is 0 Å². The molecule has 1 aromatic rings. The zero-order valence-corrected chi connectivity index (χ0v) is 26.0. The molecule has 0 heterocycles. The van der Waals surface area contributed by atoms with Crippen molar-refractivity contribution in [2.24, 2.45) is 0 Å². The minimum Gasteiger partial charge on any atom is -0.490 e. The molecule has 0 radical (unpaired) electrons. The van der Waals surface area contributed by atoms with Crippen LogP contribution >= 0.6 is 0 Å². The number of carboxylic acids is 1. The monoisotopic (exact) mass is 536 g/mol. The van der Waals surface area contributed by atoms with Gasteiger partial charge in [0, 0.05) is 0 Å². The van der Waals surface area contributed by atoms with E-state index in [0.717, 1.165) is 23.7 Å². The van der Waals surface area contributed by atoms with Gasteiger partial charge in [-0.05, 0) is 31.0 Å². The predicted octanol–water partition coefficient (Wildman–Crippen LogP) is 9.53. The number of quaternary nitrogens is 1.